The summed E-state index contributed by atoms with van der Waals surface area (Å²) in [6.07, 6.45) is 0. The number of carbonyl (C=O) groups is 1. The van der Waals surface area contributed by atoms with Crippen molar-refractivity contribution in [1.29, 1.82) is 0 Å². The number of piperazine rings is 1. The molecule has 32 heavy (non-hydrogen) atoms. The summed E-state index contributed by atoms with van der Waals surface area (Å²) in [5, 5.41) is 8.07. The molecule has 1 amide bonds. The number of carbonyl (C=O) groups excluding carboxylic acids is 1. The molecule has 1 N–H and O–H groups in total. The predicted octanol–water partition coefficient (Wildman–Crippen LogP) is 3.09. The van der Waals surface area contributed by atoms with E-state index in [1.165, 1.54) is 12.1 Å². The van der Waals surface area contributed by atoms with Crippen molar-refractivity contribution in [3.05, 3.63) is 76.6 Å². The van der Waals surface area contributed by atoms with Gasteiger partial charge >= 0.3 is 0 Å². The van der Waals surface area contributed by atoms with E-state index in [1.54, 1.807) is 12.1 Å². The van der Waals surface area contributed by atoms with Crippen LogP contribution in [0.2, 0.25) is 5.02 Å². The van der Waals surface area contributed by atoms with Crippen LogP contribution in [0, 0.1) is 13.8 Å². The van der Waals surface area contributed by atoms with Crippen LogP contribution in [-0.4, -0.2) is 54.4 Å². The molecule has 1 aliphatic heterocycles. The highest BCUT2D eigenvalue weighted by Crippen LogP contribution is 2.30. The molecule has 2 aromatic carbocycles. The van der Waals surface area contributed by atoms with Crippen molar-refractivity contribution in [2.45, 2.75) is 24.8 Å². The molecule has 0 aliphatic carbocycles. The monoisotopic (exact) mass is 472 g/mol. The number of halogens is 1. The zero-order chi connectivity index (χ0) is 22.9. The van der Waals surface area contributed by atoms with Crippen molar-refractivity contribution in [3.63, 3.8) is 0 Å². The molecule has 0 bridgehead atoms. The Morgan fingerprint density at radius 1 is 1.09 bits per heavy atom. The van der Waals surface area contributed by atoms with Crippen molar-refractivity contribution < 1.29 is 13.2 Å². The third-order valence-electron chi connectivity index (χ3n) is 5.75. The summed E-state index contributed by atoms with van der Waals surface area (Å²) in [4.78, 5) is 15.1. The van der Waals surface area contributed by atoms with Gasteiger partial charge in [-0.3, -0.25) is 9.69 Å². The van der Waals surface area contributed by atoms with Crippen molar-refractivity contribution in [3.8, 4) is 5.69 Å². The molecule has 1 aliphatic rings. The maximum absolute atomic E-state index is 12.9. The highest BCUT2D eigenvalue weighted by Gasteiger charge is 2.36. The molecule has 9 heteroatoms. The summed E-state index contributed by atoms with van der Waals surface area (Å²) in [5.74, 6) is -0.234. The Morgan fingerprint density at radius 3 is 2.47 bits per heavy atom. The number of aryl methyl sites for hydroxylation is 1. The van der Waals surface area contributed by atoms with Gasteiger partial charge in [0.15, 0.2) is 9.84 Å². The SMILES string of the molecule is Cc1nn(-c2ccccc2)c(C)c1C1C(=O)NCCN1CCS(=O)(=O)c1ccc(Cl)cc1. The number of sulfone groups is 1. The average Bonchev–Trinajstić information content (AvgIpc) is 3.07. The van der Waals surface area contributed by atoms with Crippen LogP contribution >= 0.6 is 11.6 Å². The van der Waals surface area contributed by atoms with Crippen molar-refractivity contribution >= 4 is 27.3 Å². The van der Waals surface area contributed by atoms with E-state index in [-0.39, 0.29) is 23.1 Å². The molecule has 168 valence electrons. The van der Waals surface area contributed by atoms with Crippen molar-refractivity contribution in [1.82, 2.24) is 20.0 Å². The molecular formula is C23H25ClN4O3S. The minimum absolute atomic E-state index is 0.0939. The molecule has 2 heterocycles. The second-order valence-electron chi connectivity index (χ2n) is 7.83. The molecule has 0 spiro atoms. The quantitative estimate of drug-likeness (QED) is 0.596. The summed E-state index contributed by atoms with van der Waals surface area (Å²) in [6, 6.07) is 15.3. The van der Waals surface area contributed by atoms with Crippen LogP contribution in [0.1, 0.15) is 23.0 Å². The Labute approximate surface area is 192 Å². The topological polar surface area (TPSA) is 84.3 Å². The van der Waals surface area contributed by atoms with Crippen LogP contribution in [0.3, 0.4) is 0 Å². The lowest BCUT2D eigenvalue weighted by Gasteiger charge is -2.35. The number of benzene rings is 2. The summed E-state index contributed by atoms with van der Waals surface area (Å²) >= 11 is 5.88. The fraction of sp³-hybridized carbons (Fsp3) is 0.304. The summed E-state index contributed by atoms with van der Waals surface area (Å²) in [7, 11) is -3.51. The molecule has 1 aromatic heterocycles. The third-order valence-corrected chi connectivity index (χ3v) is 7.72. The van der Waals surface area contributed by atoms with Crippen LogP contribution in [0.5, 0.6) is 0 Å². The molecule has 1 unspecified atom stereocenters. The highest BCUT2D eigenvalue weighted by atomic mass is 35.5. The first-order valence-corrected chi connectivity index (χ1v) is 12.4. The van der Waals surface area contributed by atoms with E-state index in [0.29, 0.717) is 18.1 Å². The smallest absolute Gasteiger partial charge is 0.242 e. The van der Waals surface area contributed by atoms with E-state index in [0.717, 1.165) is 22.6 Å². The molecule has 1 fully saturated rings. The van der Waals surface area contributed by atoms with Gasteiger partial charge in [-0.05, 0) is 50.2 Å². The number of para-hydroxylation sites is 1. The van der Waals surface area contributed by atoms with Crippen LogP contribution < -0.4 is 5.32 Å². The zero-order valence-corrected chi connectivity index (χ0v) is 19.5. The fourth-order valence-electron chi connectivity index (χ4n) is 4.14. The maximum atomic E-state index is 12.9. The molecule has 1 saturated heterocycles. The minimum Gasteiger partial charge on any atom is -0.353 e. The molecule has 1 atom stereocenters. The van der Waals surface area contributed by atoms with Crippen LogP contribution in [-0.2, 0) is 14.6 Å². The van der Waals surface area contributed by atoms with Crippen LogP contribution in [0.25, 0.3) is 5.69 Å². The van der Waals surface area contributed by atoms with E-state index in [9.17, 15) is 13.2 Å². The van der Waals surface area contributed by atoms with Crippen molar-refractivity contribution in [2.75, 3.05) is 25.4 Å². The van der Waals surface area contributed by atoms with Gasteiger partial charge < -0.3 is 5.32 Å². The molecule has 7 nitrogen and oxygen atoms in total. The lowest BCUT2D eigenvalue weighted by atomic mass is 10.0. The van der Waals surface area contributed by atoms with Gasteiger partial charge in [0.1, 0.15) is 6.04 Å². The van der Waals surface area contributed by atoms with Gasteiger partial charge in [-0.15, -0.1) is 0 Å². The standard InChI is InChI=1S/C23H25ClN4O3S/c1-16-21(17(2)28(26-16)19-6-4-3-5-7-19)22-23(29)25-12-13-27(22)14-15-32(30,31)20-10-8-18(24)9-11-20/h3-11,22H,12-15H2,1-2H3,(H,25,29). The van der Waals surface area contributed by atoms with E-state index in [2.05, 4.69) is 10.4 Å². The normalized spacial score (nSPS) is 17.3. The Morgan fingerprint density at radius 2 is 1.78 bits per heavy atom. The fourth-order valence-corrected chi connectivity index (χ4v) is 5.52. The second-order valence-corrected chi connectivity index (χ2v) is 10.4. The van der Waals surface area contributed by atoms with E-state index >= 15 is 0 Å². The third kappa shape index (κ3) is 4.44. The van der Waals surface area contributed by atoms with Crippen molar-refractivity contribution in [2.24, 2.45) is 0 Å². The van der Waals surface area contributed by atoms with Crippen LogP contribution in [0.4, 0.5) is 0 Å². The van der Waals surface area contributed by atoms with Gasteiger partial charge in [0.05, 0.1) is 22.0 Å². The van der Waals surface area contributed by atoms with Gasteiger partial charge in [-0.1, -0.05) is 29.8 Å². The predicted molar refractivity (Wildman–Crippen MR) is 124 cm³/mol. The Kier molecular flexibility index (Phi) is 6.37. The number of rotatable bonds is 6. The molecule has 0 saturated carbocycles. The number of hydrogen-bond donors (Lipinski definition) is 1. The first kappa shape index (κ1) is 22.5. The van der Waals surface area contributed by atoms with Gasteiger partial charge in [0, 0.05) is 35.9 Å². The largest absolute Gasteiger partial charge is 0.353 e. The minimum atomic E-state index is -3.51. The number of aromatic nitrogens is 2. The average molecular weight is 473 g/mol. The Balaban J connectivity index is 1.62. The van der Waals surface area contributed by atoms with Gasteiger partial charge in [0.2, 0.25) is 5.91 Å². The first-order chi connectivity index (χ1) is 15.3. The Bertz CT molecular complexity index is 1220. The number of nitrogens with one attached hydrogen (secondary N) is 1. The summed E-state index contributed by atoms with van der Waals surface area (Å²) in [6.45, 7) is 5.08. The second kappa shape index (κ2) is 9.05. The molecule has 3 aromatic rings. The van der Waals surface area contributed by atoms with Gasteiger partial charge in [-0.2, -0.15) is 5.10 Å². The lowest BCUT2D eigenvalue weighted by molar-refractivity contribution is -0.129. The van der Waals surface area contributed by atoms with Gasteiger partial charge in [-0.25, -0.2) is 13.1 Å². The summed E-state index contributed by atoms with van der Waals surface area (Å²) in [5.41, 5.74) is 3.34. The van der Waals surface area contributed by atoms with Crippen LogP contribution in [0.15, 0.2) is 59.5 Å². The number of amides is 1. The van der Waals surface area contributed by atoms with E-state index in [4.69, 9.17) is 11.6 Å². The first-order valence-electron chi connectivity index (χ1n) is 10.4. The Hall–Kier alpha value is -2.68. The number of nitrogens with zero attached hydrogens (tertiary/aromatic N) is 3. The molecular weight excluding hydrogens is 448 g/mol. The van der Waals surface area contributed by atoms with Gasteiger partial charge in [0.25, 0.3) is 0 Å². The maximum Gasteiger partial charge on any atom is 0.242 e. The van der Waals surface area contributed by atoms with E-state index < -0.39 is 15.9 Å². The highest BCUT2D eigenvalue weighted by molar-refractivity contribution is 7.91. The summed E-state index contributed by atoms with van der Waals surface area (Å²) < 4.78 is 27.5. The lowest BCUT2D eigenvalue weighted by Crippen LogP contribution is -2.51. The van der Waals surface area contributed by atoms with E-state index in [1.807, 2.05) is 53.8 Å². The number of hydrogen-bond acceptors (Lipinski definition) is 5. The molecule has 0 radical (unpaired) electrons. The molecule has 4 rings (SSSR count). The zero-order valence-electron chi connectivity index (χ0n) is 18.0.